The van der Waals surface area contributed by atoms with Gasteiger partial charge in [-0.05, 0) is 36.7 Å². The minimum Gasteiger partial charge on any atom is -0.327 e. The largest absolute Gasteiger partial charge is 0.327 e. The molecule has 82 valence electrons. The lowest BCUT2D eigenvalue weighted by Crippen LogP contribution is -2.33. The first kappa shape index (κ1) is 10.7. The fourth-order valence-electron chi connectivity index (χ4n) is 2.19. The number of halogens is 2. The van der Waals surface area contributed by atoms with Gasteiger partial charge in [0.25, 0.3) is 5.92 Å². The van der Waals surface area contributed by atoms with Crippen LogP contribution >= 0.6 is 11.8 Å². The number of rotatable bonds is 3. The van der Waals surface area contributed by atoms with E-state index in [9.17, 15) is 8.78 Å². The second kappa shape index (κ2) is 3.97. The van der Waals surface area contributed by atoms with E-state index in [1.54, 1.807) is 0 Å². The maximum Gasteiger partial charge on any atom is 0.251 e. The van der Waals surface area contributed by atoms with Crippen LogP contribution in [-0.4, -0.2) is 23.5 Å². The Balaban J connectivity index is 1.75. The first-order valence-electron chi connectivity index (χ1n) is 5.31. The highest BCUT2D eigenvalue weighted by Crippen LogP contribution is 2.51. The molecular weight excluding hydrogens is 204 g/mol. The Morgan fingerprint density at radius 2 is 1.93 bits per heavy atom. The van der Waals surface area contributed by atoms with E-state index in [1.807, 2.05) is 11.8 Å². The number of hydrogen-bond donors (Lipinski definition) is 1. The summed E-state index contributed by atoms with van der Waals surface area (Å²) in [4.78, 5) is 0. The summed E-state index contributed by atoms with van der Waals surface area (Å²) in [5, 5.41) is 0. The molecule has 2 unspecified atom stereocenters. The SMILES string of the molecule is NC(CC1CC1(F)F)C1CCSCC1. The number of nitrogens with two attached hydrogens (primary N) is 1. The Hall–Kier alpha value is 0.170. The van der Waals surface area contributed by atoms with Crippen LogP contribution < -0.4 is 5.73 Å². The monoisotopic (exact) mass is 221 g/mol. The lowest BCUT2D eigenvalue weighted by Gasteiger charge is -2.27. The Morgan fingerprint density at radius 3 is 2.43 bits per heavy atom. The summed E-state index contributed by atoms with van der Waals surface area (Å²) in [5.41, 5.74) is 5.97. The molecule has 2 atom stereocenters. The summed E-state index contributed by atoms with van der Waals surface area (Å²) in [5.74, 6) is -0.000360. The third-order valence-electron chi connectivity index (χ3n) is 3.38. The minimum absolute atomic E-state index is 0.00859. The fourth-order valence-corrected chi connectivity index (χ4v) is 3.33. The molecule has 0 aromatic heterocycles. The van der Waals surface area contributed by atoms with Crippen LogP contribution in [0.4, 0.5) is 8.78 Å². The quantitative estimate of drug-likeness (QED) is 0.792. The van der Waals surface area contributed by atoms with Gasteiger partial charge in [-0.15, -0.1) is 0 Å². The maximum absolute atomic E-state index is 12.7. The zero-order valence-electron chi connectivity index (χ0n) is 8.22. The molecule has 1 heterocycles. The Kier molecular flexibility index (Phi) is 3.03. The molecule has 1 aliphatic heterocycles. The van der Waals surface area contributed by atoms with Gasteiger partial charge in [0.15, 0.2) is 0 Å². The molecule has 4 heteroatoms. The van der Waals surface area contributed by atoms with Crippen molar-refractivity contribution in [3.63, 3.8) is 0 Å². The number of alkyl halides is 2. The molecule has 0 bridgehead atoms. The van der Waals surface area contributed by atoms with E-state index in [-0.39, 0.29) is 12.5 Å². The van der Waals surface area contributed by atoms with E-state index in [2.05, 4.69) is 0 Å². The first-order chi connectivity index (χ1) is 6.59. The van der Waals surface area contributed by atoms with Crippen molar-refractivity contribution >= 4 is 11.8 Å². The van der Waals surface area contributed by atoms with Crippen LogP contribution in [0, 0.1) is 11.8 Å². The van der Waals surface area contributed by atoms with Gasteiger partial charge in [-0.2, -0.15) is 11.8 Å². The van der Waals surface area contributed by atoms with Crippen molar-refractivity contribution in [2.24, 2.45) is 17.6 Å². The van der Waals surface area contributed by atoms with Crippen molar-refractivity contribution < 1.29 is 8.78 Å². The second-order valence-corrected chi connectivity index (χ2v) is 5.74. The summed E-state index contributed by atoms with van der Waals surface area (Å²) in [6, 6.07) is 0.00859. The number of thioether (sulfide) groups is 1. The second-order valence-electron chi connectivity index (χ2n) is 4.51. The van der Waals surface area contributed by atoms with Gasteiger partial charge in [-0.1, -0.05) is 0 Å². The highest BCUT2D eigenvalue weighted by Gasteiger charge is 2.56. The molecule has 1 saturated heterocycles. The van der Waals surface area contributed by atoms with Crippen molar-refractivity contribution in [1.82, 2.24) is 0 Å². The molecule has 1 nitrogen and oxygen atoms in total. The Morgan fingerprint density at radius 1 is 1.36 bits per heavy atom. The molecule has 2 N–H and O–H groups in total. The van der Waals surface area contributed by atoms with Crippen LogP contribution in [0.5, 0.6) is 0 Å². The molecule has 0 radical (unpaired) electrons. The van der Waals surface area contributed by atoms with E-state index in [4.69, 9.17) is 5.73 Å². The first-order valence-corrected chi connectivity index (χ1v) is 6.46. The van der Waals surface area contributed by atoms with Gasteiger partial charge >= 0.3 is 0 Å². The molecule has 0 aromatic carbocycles. The fraction of sp³-hybridized carbons (Fsp3) is 1.00. The minimum atomic E-state index is -2.39. The van der Waals surface area contributed by atoms with Gasteiger partial charge in [-0.3, -0.25) is 0 Å². The summed E-state index contributed by atoms with van der Waals surface area (Å²) >= 11 is 1.95. The van der Waals surface area contributed by atoms with Crippen LogP contribution in [0.3, 0.4) is 0 Å². The lowest BCUT2D eigenvalue weighted by atomic mass is 9.91. The Bertz CT molecular complexity index is 204. The molecule has 2 aliphatic rings. The molecule has 1 aliphatic carbocycles. The van der Waals surface area contributed by atoms with Gasteiger partial charge in [-0.25, -0.2) is 8.78 Å². The van der Waals surface area contributed by atoms with Crippen LogP contribution in [-0.2, 0) is 0 Å². The summed E-state index contributed by atoms with van der Waals surface area (Å²) in [7, 11) is 0. The van der Waals surface area contributed by atoms with Gasteiger partial charge < -0.3 is 5.73 Å². The van der Waals surface area contributed by atoms with E-state index in [0.717, 1.165) is 24.3 Å². The normalized spacial score (nSPS) is 34.1. The third-order valence-corrected chi connectivity index (χ3v) is 4.43. The molecule has 0 amide bonds. The molecular formula is C10H17F2NS. The van der Waals surface area contributed by atoms with Gasteiger partial charge in [0, 0.05) is 18.4 Å². The maximum atomic E-state index is 12.7. The third kappa shape index (κ3) is 2.40. The zero-order valence-corrected chi connectivity index (χ0v) is 9.03. The van der Waals surface area contributed by atoms with Crippen LogP contribution in [0.1, 0.15) is 25.7 Å². The standard InChI is InChI=1S/C10H17F2NS/c11-10(12)6-8(10)5-9(13)7-1-3-14-4-2-7/h7-9H,1-6,13H2. The highest BCUT2D eigenvalue weighted by molar-refractivity contribution is 7.99. The zero-order chi connectivity index (χ0) is 10.2. The van der Waals surface area contributed by atoms with Gasteiger partial charge in [0.05, 0.1) is 0 Å². The molecule has 1 saturated carbocycles. The van der Waals surface area contributed by atoms with Crippen molar-refractivity contribution in [3.8, 4) is 0 Å². The van der Waals surface area contributed by atoms with Crippen LogP contribution in [0.15, 0.2) is 0 Å². The molecule has 2 rings (SSSR count). The predicted molar refractivity (Wildman–Crippen MR) is 55.7 cm³/mol. The van der Waals surface area contributed by atoms with E-state index >= 15 is 0 Å². The highest BCUT2D eigenvalue weighted by atomic mass is 32.2. The van der Waals surface area contributed by atoms with Crippen LogP contribution in [0.2, 0.25) is 0 Å². The van der Waals surface area contributed by atoms with Crippen molar-refractivity contribution in [2.75, 3.05) is 11.5 Å². The van der Waals surface area contributed by atoms with Gasteiger partial charge in [0.2, 0.25) is 0 Å². The molecule has 14 heavy (non-hydrogen) atoms. The average molecular weight is 221 g/mol. The lowest BCUT2D eigenvalue weighted by molar-refractivity contribution is 0.0934. The van der Waals surface area contributed by atoms with Gasteiger partial charge in [0.1, 0.15) is 0 Å². The summed E-state index contributed by atoms with van der Waals surface area (Å²) in [6.07, 6.45) is 2.83. The van der Waals surface area contributed by atoms with Crippen LogP contribution in [0.25, 0.3) is 0 Å². The molecule has 0 spiro atoms. The molecule has 0 aromatic rings. The summed E-state index contributed by atoms with van der Waals surface area (Å²) < 4.78 is 25.3. The van der Waals surface area contributed by atoms with Crippen molar-refractivity contribution in [2.45, 2.75) is 37.6 Å². The average Bonchev–Trinajstić information content (AvgIpc) is 2.75. The van der Waals surface area contributed by atoms with Crippen molar-refractivity contribution in [1.29, 1.82) is 0 Å². The smallest absolute Gasteiger partial charge is 0.251 e. The molecule has 2 fully saturated rings. The van der Waals surface area contributed by atoms with Crippen molar-refractivity contribution in [3.05, 3.63) is 0 Å². The van der Waals surface area contributed by atoms with E-state index < -0.39 is 11.8 Å². The summed E-state index contributed by atoms with van der Waals surface area (Å²) in [6.45, 7) is 0. The number of hydrogen-bond acceptors (Lipinski definition) is 2. The topological polar surface area (TPSA) is 26.0 Å². The van der Waals surface area contributed by atoms with E-state index in [1.165, 1.54) is 0 Å². The Labute approximate surface area is 87.8 Å². The predicted octanol–water partition coefficient (Wildman–Crippen LogP) is 2.50. The van der Waals surface area contributed by atoms with E-state index in [0.29, 0.717) is 12.3 Å².